The van der Waals surface area contributed by atoms with Crippen molar-refractivity contribution in [2.75, 3.05) is 26.7 Å². The third kappa shape index (κ3) is 3.95. The lowest BCUT2D eigenvalue weighted by Gasteiger charge is -2.31. The fraction of sp³-hybridized carbons (Fsp3) is 0.625. The zero-order chi connectivity index (χ0) is 13.7. The lowest BCUT2D eigenvalue weighted by molar-refractivity contribution is 0.353. The Hall–Kier alpha value is -1.06. The van der Waals surface area contributed by atoms with Gasteiger partial charge < -0.3 is 15.4 Å². The van der Waals surface area contributed by atoms with Gasteiger partial charge in [0, 0.05) is 24.5 Å². The van der Waals surface area contributed by atoms with E-state index in [4.69, 9.17) is 4.74 Å². The van der Waals surface area contributed by atoms with Crippen molar-refractivity contribution in [1.82, 2.24) is 10.6 Å². The van der Waals surface area contributed by atoms with Crippen molar-refractivity contribution in [3.8, 4) is 5.75 Å². The molecule has 2 N–H and O–H groups in total. The fourth-order valence-electron chi connectivity index (χ4n) is 2.57. The third-order valence-corrected chi connectivity index (χ3v) is 3.98. The van der Waals surface area contributed by atoms with E-state index in [-0.39, 0.29) is 5.41 Å². The number of hydrogen-bond donors (Lipinski definition) is 2. The normalized spacial score (nSPS) is 20.3. The van der Waals surface area contributed by atoms with Crippen LogP contribution in [0.4, 0.5) is 0 Å². The standard InChI is InChI=1S/C16H26N2O/c1-16(2,12-18-14-7-5-9-17-11-14)13-6-4-8-15(10-13)19-3/h4,6,8,10,14,17-18H,5,7,9,11-12H2,1-3H3. The molecule has 0 saturated carbocycles. The van der Waals surface area contributed by atoms with Crippen LogP contribution in [0.25, 0.3) is 0 Å². The van der Waals surface area contributed by atoms with Gasteiger partial charge in [-0.25, -0.2) is 0 Å². The molecule has 0 aromatic heterocycles. The molecule has 0 radical (unpaired) electrons. The highest BCUT2D eigenvalue weighted by Gasteiger charge is 2.23. The molecule has 106 valence electrons. The van der Waals surface area contributed by atoms with Crippen molar-refractivity contribution in [3.05, 3.63) is 29.8 Å². The Balaban J connectivity index is 1.96. The number of ether oxygens (including phenoxy) is 1. The Kier molecular flexibility index (Phi) is 4.83. The van der Waals surface area contributed by atoms with E-state index in [1.54, 1.807) is 7.11 Å². The quantitative estimate of drug-likeness (QED) is 0.854. The molecular formula is C16H26N2O. The van der Waals surface area contributed by atoms with Crippen LogP contribution < -0.4 is 15.4 Å². The topological polar surface area (TPSA) is 33.3 Å². The number of benzene rings is 1. The van der Waals surface area contributed by atoms with Gasteiger partial charge in [-0.3, -0.25) is 0 Å². The highest BCUT2D eigenvalue weighted by Crippen LogP contribution is 2.26. The van der Waals surface area contributed by atoms with E-state index < -0.39 is 0 Å². The summed E-state index contributed by atoms with van der Waals surface area (Å²) < 4.78 is 5.31. The first-order valence-corrected chi connectivity index (χ1v) is 7.20. The Labute approximate surface area is 116 Å². The van der Waals surface area contributed by atoms with Gasteiger partial charge in [-0.2, -0.15) is 0 Å². The lowest BCUT2D eigenvalue weighted by Crippen LogP contribution is -2.47. The second kappa shape index (κ2) is 6.40. The van der Waals surface area contributed by atoms with E-state index in [1.807, 2.05) is 6.07 Å². The van der Waals surface area contributed by atoms with Crippen molar-refractivity contribution in [2.45, 2.75) is 38.1 Å². The summed E-state index contributed by atoms with van der Waals surface area (Å²) in [5, 5.41) is 7.14. The average molecular weight is 262 g/mol. The summed E-state index contributed by atoms with van der Waals surface area (Å²) in [6.45, 7) is 7.81. The summed E-state index contributed by atoms with van der Waals surface area (Å²) in [7, 11) is 1.72. The molecule has 19 heavy (non-hydrogen) atoms. The number of rotatable bonds is 5. The van der Waals surface area contributed by atoms with E-state index in [1.165, 1.54) is 18.4 Å². The number of nitrogens with one attached hydrogen (secondary N) is 2. The van der Waals surface area contributed by atoms with Gasteiger partial charge in [-0.05, 0) is 37.1 Å². The number of piperidine rings is 1. The lowest BCUT2D eigenvalue weighted by atomic mass is 9.84. The predicted molar refractivity (Wildman–Crippen MR) is 79.9 cm³/mol. The maximum Gasteiger partial charge on any atom is 0.119 e. The zero-order valence-corrected chi connectivity index (χ0v) is 12.3. The molecule has 1 aromatic rings. The molecule has 1 aliphatic rings. The Morgan fingerprint density at radius 3 is 2.95 bits per heavy atom. The van der Waals surface area contributed by atoms with Gasteiger partial charge in [0.15, 0.2) is 0 Å². The molecule has 3 heteroatoms. The van der Waals surface area contributed by atoms with Gasteiger partial charge in [-0.1, -0.05) is 26.0 Å². The summed E-state index contributed by atoms with van der Waals surface area (Å²) in [5.41, 5.74) is 1.44. The molecule has 1 aromatic carbocycles. The maximum absolute atomic E-state index is 5.31. The maximum atomic E-state index is 5.31. The zero-order valence-electron chi connectivity index (χ0n) is 12.3. The number of methoxy groups -OCH3 is 1. The van der Waals surface area contributed by atoms with Gasteiger partial charge in [0.1, 0.15) is 5.75 Å². The van der Waals surface area contributed by atoms with Crippen molar-refractivity contribution < 1.29 is 4.74 Å². The minimum absolute atomic E-state index is 0.117. The van der Waals surface area contributed by atoms with Gasteiger partial charge in [0.05, 0.1) is 7.11 Å². The van der Waals surface area contributed by atoms with Crippen molar-refractivity contribution >= 4 is 0 Å². The first-order chi connectivity index (χ1) is 9.12. The monoisotopic (exact) mass is 262 g/mol. The van der Waals surface area contributed by atoms with E-state index in [2.05, 4.69) is 42.7 Å². The van der Waals surface area contributed by atoms with Crippen LogP contribution in [0.3, 0.4) is 0 Å². The van der Waals surface area contributed by atoms with Crippen LogP contribution in [-0.2, 0) is 5.41 Å². The van der Waals surface area contributed by atoms with Gasteiger partial charge in [0.25, 0.3) is 0 Å². The molecule has 1 atom stereocenters. The van der Waals surface area contributed by atoms with Crippen LogP contribution in [-0.4, -0.2) is 32.8 Å². The van der Waals surface area contributed by atoms with Crippen LogP contribution in [0.15, 0.2) is 24.3 Å². The van der Waals surface area contributed by atoms with Crippen LogP contribution >= 0.6 is 0 Å². The first-order valence-electron chi connectivity index (χ1n) is 7.20. The molecule has 0 amide bonds. The van der Waals surface area contributed by atoms with Crippen LogP contribution in [0, 0.1) is 0 Å². The van der Waals surface area contributed by atoms with E-state index in [0.29, 0.717) is 6.04 Å². The molecule has 1 unspecified atom stereocenters. The highest BCUT2D eigenvalue weighted by atomic mass is 16.5. The Morgan fingerprint density at radius 1 is 1.42 bits per heavy atom. The predicted octanol–water partition coefficient (Wildman–Crippen LogP) is 2.31. The van der Waals surface area contributed by atoms with Gasteiger partial charge in [0.2, 0.25) is 0 Å². The number of hydrogen-bond acceptors (Lipinski definition) is 3. The highest BCUT2D eigenvalue weighted by molar-refractivity contribution is 5.33. The second-order valence-electron chi connectivity index (χ2n) is 6.04. The van der Waals surface area contributed by atoms with Crippen LogP contribution in [0.5, 0.6) is 5.75 Å². The first kappa shape index (κ1) is 14.4. The largest absolute Gasteiger partial charge is 0.497 e. The molecule has 2 rings (SSSR count). The molecular weight excluding hydrogens is 236 g/mol. The minimum atomic E-state index is 0.117. The summed E-state index contributed by atoms with van der Waals surface area (Å²) in [5.74, 6) is 0.935. The smallest absolute Gasteiger partial charge is 0.119 e. The van der Waals surface area contributed by atoms with Crippen molar-refractivity contribution in [3.63, 3.8) is 0 Å². The summed E-state index contributed by atoms with van der Waals surface area (Å²) >= 11 is 0. The Bertz CT molecular complexity index is 397. The average Bonchev–Trinajstić information content (AvgIpc) is 2.46. The molecule has 0 bridgehead atoms. The molecule has 0 aliphatic carbocycles. The molecule has 3 nitrogen and oxygen atoms in total. The Morgan fingerprint density at radius 2 is 2.26 bits per heavy atom. The van der Waals surface area contributed by atoms with Crippen LogP contribution in [0.2, 0.25) is 0 Å². The van der Waals surface area contributed by atoms with Crippen molar-refractivity contribution in [2.24, 2.45) is 0 Å². The molecule has 1 aliphatic heterocycles. The summed E-state index contributed by atoms with van der Waals surface area (Å²) in [4.78, 5) is 0. The third-order valence-electron chi connectivity index (χ3n) is 3.98. The van der Waals surface area contributed by atoms with E-state index in [0.717, 1.165) is 25.4 Å². The van der Waals surface area contributed by atoms with Crippen LogP contribution in [0.1, 0.15) is 32.3 Å². The summed E-state index contributed by atoms with van der Waals surface area (Å²) in [6.07, 6.45) is 2.55. The molecule has 0 spiro atoms. The molecule has 1 saturated heterocycles. The van der Waals surface area contributed by atoms with E-state index in [9.17, 15) is 0 Å². The van der Waals surface area contributed by atoms with E-state index >= 15 is 0 Å². The minimum Gasteiger partial charge on any atom is -0.497 e. The molecule has 1 fully saturated rings. The van der Waals surface area contributed by atoms with Crippen molar-refractivity contribution in [1.29, 1.82) is 0 Å². The second-order valence-corrected chi connectivity index (χ2v) is 6.04. The van der Waals surface area contributed by atoms with Gasteiger partial charge >= 0.3 is 0 Å². The SMILES string of the molecule is COc1cccc(C(C)(C)CNC2CCCNC2)c1. The van der Waals surface area contributed by atoms with Gasteiger partial charge in [-0.15, -0.1) is 0 Å². The fourth-order valence-corrected chi connectivity index (χ4v) is 2.57. The summed E-state index contributed by atoms with van der Waals surface area (Å²) in [6, 6.07) is 9.00. The molecule has 1 heterocycles.